The van der Waals surface area contributed by atoms with E-state index in [4.69, 9.17) is 42.0 Å². The maximum Gasteiger partial charge on any atom is 0.342 e. The molecule has 13 heteroatoms. The van der Waals surface area contributed by atoms with E-state index in [9.17, 15) is 19.2 Å². The number of aryl methyl sites for hydroxylation is 2. The molecule has 0 bridgehead atoms. The second-order valence-electron chi connectivity index (χ2n) is 7.08. The van der Waals surface area contributed by atoms with E-state index < -0.39 is 23.9 Å². The molecule has 2 aromatic heterocycles. The number of nitrogen functional groups attached to an aromatic ring is 2. The van der Waals surface area contributed by atoms with Crippen LogP contribution in [0.25, 0.3) is 0 Å². The first-order valence-corrected chi connectivity index (χ1v) is 11.7. The molecule has 2 rings (SSSR count). The molecule has 0 aliphatic heterocycles. The fourth-order valence-corrected chi connectivity index (χ4v) is 3.19. The Morgan fingerprint density at radius 2 is 1.11 bits per heavy atom. The van der Waals surface area contributed by atoms with Crippen molar-refractivity contribution in [2.75, 3.05) is 37.9 Å². The Balaban J connectivity index is 0.000000371. The van der Waals surface area contributed by atoms with Gasteiger partial charge in [-0.3, -0.25) is 4.98 Å². The molecule has 0 unspecified atom stereocenters. The SMILES string of the molecule is CCOC(=O)c1c(Cl)nc(C)c(N)c1C(=O)OCC.CCOC(=O)c1cnc(C)c(N)c1C(=O)OCC. The smallest absolute Gasteiger partial charge is 0.342 e. The number of carbonyl (C=O) groups is 4. The van der Waals surface area contributed by atoms with Crippen LogP contribution in [0.15, 0.2) is 6.20 Å². The molecule has 0 aromatic carbocycles. The van der Waals surface area contributed by atoms with Crippen molar-refractivity contribution in [2.45, 2.75) is 41.5 Å². The van der Waals surface area contributed by atoms with Crippen molar-refractivity contribution in [1.29, 1.82) is 0 Å². The van der Waals surface area contributed by atoms with Crippen LogP contribution in [0.4, 0.5) is 11.4 Å². The maximum atomic E-state index is 11.9. The second kappa shape index (κ2) is 14.6. The molecule has 0 fully saturated rings. The summed E-state index contributed by atoms with van der Waals surface area (Å²) in [5, 5.41) is -0.131. The van der Waals surface area contributed by atoms with E-state index in [-0.39, 0.29) is 65.2 Å². The van der Waals surface area contributed by atoms with Gasteiger partial charge in [0.2, 0.25) is 0 Å². The van der Waals surface area contributed by atoms with E-state index in [0.717, 1.165) is 0 Å². The zero-order valence-electron chi connectivity index (χ0n) is 21.6. The molecule has 0 amide bonds. The number of anilines is 2. The zero-order valence-corrected chi connectivity index (χ0v) is 22.4. The van der Waals surface area contributed by atoms with Gasteiger partial charge in [0, 0.05) is 6.20 Å². The summed E-state index contributed by atoms with van der Waals surface area (Å²) in [6.45, 7) is 10.6. The highest BCUT2D eigenvalue weighted by atomic mass is 35.5. The number of pyridine rings is 2. The molecule has 2 aromatic rings. The number of nitrogens with zero attached hydrogens (tertiary/aromatic N) is 2. The maximum absolute atomic E-state index is 11.9. The van der Waals surface area contributed by atoms with Crippen molar-refractivity contribution in [3.8, 4) is 0 Å². The number of hydrogen-bond acceptors (Lipinski definition) is 12. The minimum Gasteiger partial charge on any atom is -0.462 e. The summed E-state index contributed by atoms with van der Waals surface area (Å²) in [5.74, 6) is -2.77. The number of nitrogens with two attached hydrogens (primary N) is 2. The van der Waals surface area contributed by atoms with Gasteiger partial charge in [-0.1, -0.05) is 11.6 Å². The third-order valence-corrected chi connectivity index (χ3v) is 4.90. The van der Waals surface area contributed by atoms with Crippen LogP contribution in [-0.2, 0) is 18.9 Å². The van der Waals surface area contributed by atoms with Crippen molar-refractivity contribution in [2.24, 2.45) is 0 Å². The van der Waals surface area contributed by atoms with E-state index in [1.807, 2.05) is 0 Å². The number of esters is 4. The summed E-state index contributed by atoms with van der Waals surface area (Å²) in [7, 11) is 0. The number of hydrogen-bond donors (Lipinski definition) is 2. The Hall–Kier alpha value is -3.93. The first-order valence-electron chi connectivity index (χ1n) is 11.4. The lowest BCUT2D eigenvalue weighted by molar-refractivity contribution is 0.0479. The average molecular weight is 539 g/mol. The van der Waals surface area contributed by atoms with Crippen LogP contribution >= 0.6 is 11.6 Å². The average Bonchev–Trinajstić information content (AvgIpc) is 2.83. The van der Waals surface area contributed by atoms with E-state index in [0.29, 0.717) is 11.4 Å². The largest absolute Gasteiger partial charge is 0.462 e. The van der Waals surface area contributed by atoms with Gasteiger partial charge >= 0.3 is 23.9 Å². The number of rotatable bonds is 8. The molecule has 0 spiro atoms. The summed E-state index contributed by atoms with van der Waals surface area (Å²) in [5.41, 5.74) is 12.4. The molecule has 0 saturated carbocycles. The Morgan fingerprint density at radius 3 is 1.59 bits per heavy atom. The summed E-state index contributed by atoms with van der Waals surface area (Å²) in [6.07, 6.45) is 1.27. The van der Waals surface area contributed by atoms with Gasteiger partial charge in [-0.15, -0.1) is 0 Å². The Morgan fingerprint density at radius 1 is 0.703 bits per heavy atom. The summed E-state index contributed by atoms with van der Waals surface area (Å²) in [4.78, 5) is 55.1. The Kier molecular flexibility index (Phi) is 12.3. The number of ether oxygens (including phenoxy) is 4. The predicted octanol–water partition coefficient (Wildman–Crippen LogP) is 3.30. The molecule has 4 N–H and O–H groups in total. The zero-order chi connectivity index (χ0) is 28.3. The van der Waals surface area contributed by atoms with Crippen molar-refractivity contribution < 1.29 is 38.1 Å². The molecule has 202 valence electrons. The number of carbonyl (C=O) groups excluding carboxylic acids is 4. The van der Waals surface area contributed by atoms with Crippen LogP contribution < -0.4 is 11.5 Å². The third-order valence-electron chi connectivity index (χ3n) is 4.63. The standard InChI is InChI=1S/C12H15ClN2O4.C12H16N2O4/c1-4-18-11(16)7-8(12(17)19-5-2)10(13)15-6(3)9(7)14;1-4-17-11(15)8-6-14-7(3)10(13)9(8)12(16)18-5-2/h4-5,14H2,1-3H3;6H,4-5,13H2,1-3H3. The molecule has 0 aliphatic carbocycles. The molecule has 0 aliphatic rings. The lowest BCUT2D eigenvalue weighted by Gasteiger charge is -2.13. The molecular formula is C24H31ClN4O8. The van der Waals surface area contributed by atoms with Crippen LogP contribution in [0.3, 0.4) is 0 Å². The van der Waals surface area contributed by atoms with Gasteiger partial charge in [0.05, 0.1) is 54.8 Å². The van der Waals surface area contributed by atoms with Gasteiger partial charge in [-0.25, -0.2) is 24.2 Å². The molecular weight excluding hydrogens is 508 g/mol. The molecule has 0 radical (unpaired) electrons. The highest BCUT2D eigenvalue weighted by Crippen LogP contribution is 2.27. The van der Waals surface area contributed by atoms with E-state index >= 15 is 0 Å². The van der Waals surface area contributed by atoms with Gasteiger partial charge in [0.15, 0.2) is 0 Å². The molecule has 0 saturated heterocycles. The summed E-state index contributed by atoms with van der Waals surface area (Å²) >= 11 is 5.91. The second-order valence-corrected chi connectivity index (χ2v) is 7.44. The first-order chi connectivity index (χ1) is 17.5. The van der Waals surface area contributed by atoms with Crippen LogP contribution in [0.1, 0.15) is 80.5 Å². The van der Waals surface area contributed by atoms with Gasteiger partial charge in [-0.05, 0) is 41.5 Å². The quantitative estimate of drug-likeness (QED) is 0.284. The first kappa shape index (κ1) is 31.1. The normalized spacial score (nSPS) is 10.0. The van der Waals surface area contributed by atoms with E-state index in [1.165, 1.54) is 6.20 Å². The van der Waals surface area contributed by atoms with Gasteiger partial charge < -0.3 is 30.4 Å². The van der Waals surface area contributed by atoms with Crippen molar-refractivity contribution in [1.82, 2.24) is 9.97 Å². The molecule has 12 nitrogen and oxygen atoms in total. The van der Waals surface area contributed by atoms with Crippen LogP contribution in [0.5, 0.6) is 0 Å². The topological polar surface area (TPSA) is 183 Å². The lowest BCUT2D eigenvalue weighted by Crippen LogP contribution is -2.18. The highest BCUT2D eigenvalue weighted by Gasteiger charge is 2.28. The van der Waals surface area contributed by atoms with Crippen LogP contribution in [0.2, 0.25) is 5.15 Å². The van der Waals surface area contributed by atoms with Crippen molar-refractivity contribution in [3.63, 3.8) is 0 Å². The summed E-state index contributed by atoms with van der Waals surface area (Å²) < 4.78 is 19.4. The molecule has 2 heterocycles. The highest BCUT2D eigenvalue weighted by molar-refractivity contribution is 6.33. The minimum atomic E-state index is -0.755. The Labute approximate surface area is 219 Å². The fourth-order valence-electron chi connectivity index (χ4n) is 2.90. The monoisotopic (exact) mass is 538 g/mol. The van der Waals surface area contributed by atoms with E-state index in [2.05, 4.69) is 9.97 Å². The Bertz CT molecular complexity index is 1170. The van der Waals surface area contributed by atoms with Crippen molar-refractivity contribution >= 4 is 46.9 Å². The lowest BCUT2D eigenvalue weighted by atomic mass is 10.1. The van der Waals surface area contributed by atoms with Crippen LogP contribution in [-0.4, -0.2) is 60.3 Å². The number of aromatic nitrogens is 2. The van der Waals surface area contributed by atoms with Crippen molar-refractivity contribution in [3.05, 3.63) is 45.0 Å². The van der Waals surface area contributed by atoms with Gasteiger partial charge in [-0.2, -0.15) is 0 Å². The predicted molar refractivity (Wildman–Crippen MR) is 136 cm³/mol. The van der Waals surface area contributed by atoms with Gasteiger partial charge in [0.25, 0.3) is 0 Å². The minimum absolute atomic E-state index is 0.0165. The molecule has 37 heavy (non-hydrogen) atoms. The third kappa shape index (κ3) is 7.78. The van der Waals surface area contributed by atoms with Gasteiger partial charge in [0.1, 0.15) is 21.8 Å². The molecule has 0 atom stereocenters. The number of halogens is 1. The summed E-state index contributed by atoms with van der Waals surface area (Å²) in [6, 6.07) is 0. The fraction of sp³-hybridized carbons (Fsp3) is 0.417. The van der Waals surface area contributed by atoms with E-state index in [1.54, 1.807) is 41.5 Å². The van der Waals surface area contributed by atoms with Crippen LogP contribution in [0, 0.1) is 13.8 Å².